The molecule has 0 heterocycles. The van der Waals surface area contributed by atoms with E-state index < -0.39 is 11.9 Å². The van der Waals surface area contributed by atoms with E-state index in [4.69, 9.17) is 18.9 Å². The van der Waals surface area contributed by atoms with Gasteiger partial charge in [-0.2, -0.15) is 5.10 Å². The second-order valence-electron chi connectivity index (χ2n) is 8.42. The summed E-state index contributed by atoms with van der Waals surface area (Å²) in [7, 11) is 3.00. The number of carbonyl (C=O) groups is 2. The van der Waals surface area contributed by atoms with Gasteiger partial charge in [-0.15, -0.1) is 0 Å². The summed E-state index contributed by atoms with van der Waals surface area (Å²) in [5.41, 5.74) is 5.27. The van der Waals surface area contributed by atoms with Gasteiger partial charge in [-0.1, -0.05) is 41.9 Å². The van der Waals surface area contributed by atoms with E-state index in [1.165, 1.54) is 26.5 Å². The van der Waals surface area contributed by atoms with Crippen LogP contribution in [-0.4, -0.2) is 38.9 Å². The van der Waals surface area contributed by atoms with E-state index in [-0.39, 0.29) is 23.8 Å². The Hall–Kier alpha value is -3.85. The average molecular weight is 569 g/mol. The number of esters is 1. The summed E-state index contributed by atoms with van der Waals surface area (Å²) in [4.78, 5) is 25.1. The number of amides is 1. The van der Waals surface area contributed by atoms with Crippen LogP contribution >= 0.6 is 15.9 Å². The highest BCUT2D eigenvalue weighted by Gasteiger charge is 2.15. The fourth-order valence-electron chi connectivity index (χ4n) is 3.43. The van der Waals surface area contributed by atoms with E-state index in [1.54, 1.807) is 30.3 Å². The number of benzene rings is 3. The van der Waals surface area contributed by atoms with Crippen LogP contribution in [-0.2, 0) is 4.79 Å². The Morgan fingerprint density at radius 2 is 1.68 bits per heavy atom. The highest BCUT2D eigenvalue weighted by Crippen LogP contribution is 2.29. The Balaban J connectivity index is 1.67. The van der Waals surface area contributed by atoms with E-state index in [0.717, 1.165) is 15.6 Å². The molecule has 3 rings (SSSR count). The van der Waals surface area contributed by atoms with Gasteiger partial charge in [0.25, 0.3) is 5.91 Å². The molecule has 3 aromatic rings. The van der Waals surface area contributed by atoms with Crippen LogP contribution in [0.5, 0.6) is 23.0 Å². The number of carbonyl (C=O) groups excluding carboxylic acids is 2. The zero-order valence-corrected chi connectivity index (χ0v) is 22.9. The molecule has 0 aliphatic carbocycles. The molecule has 0 aliphatic heterocycles. The van der Waals surface area contributed by atoms with Crippen molar-refractivity contribution in [3.05, 3.63) is 81.3 Å². The molecule has 1 amide bonds. The molecule has 0 radical (unpaired) electrons. The lowest BCUT2D eigenvalue weighted by Gasteiger charge is -2.14. The smallest absolute Gasteiger partial charge is 0.343 e. The molecule has 1 N–H and O–H groups in total. The fourth-order valence-corrected chi connectivity index (χ4v) is 3.81. The first-order chi connectivity index (χ1) is 17.7. The van der Waals surface area contributed by atoms with Crippen molar-refractivity contribution in [2.45, 2.75) is 26.7 Å². The van der Waals surface area contributed by atoms with Gasteiger partial charge in [0, 0.05) is 10.0 Å². The number of hydrazone groups is 1. The van der Waals surface area contributed by atoms with E-state index in [1.807, 2.05) is 25.1 Å². The van der Waals surface area contributed by atoms with Gasteiger partial charge in [0.05, 0.1) is 26.0 Å². The van der Waals surface area contributed by atoms with Gasteiger partial charge in [-0.3, -0.25) is 4.79 Å². The highest BCUT2D eigenvalue weighted by atomic mass is 79.9. The molecule has 0 bridgehead atoms. The van der Waals surface area contributed by atoms with Crippen LogP contribution in [0.4, 0.5) is 0 Å². The van der Waals surface area contributed by atoms with Gasteiger partial charge in [-0.05, 0) is 66.4 Å². The summed E-state index contributed by atoms with van der Waals surface area (Å²) >= 11 is 3.40. The van der Waals surface area contributed by atoms with Gasteiger partial charge in [-0.25, -0.2) is 10.2 Å². The number of hydrogen-bond acceptors (Lipinski definition) is 7. The molecule has 8 nitrogen and oxygen atoms in total. The monoisotopic (exact) mass is 568 g/mol. The fraction of sp³-hybridized carbons (Fsp3) is 0.250. The summed E-state index contributed by atoms with van der Waals surface area (Å²) in [5, 5.41) is 4.01. The third-order valence-electron chi connectivity index (χ3n) is 5.34. The summed E-state index contributed by atoms with van der Waals surface area (Å²) in [6.07, 6.45) is 1.39. The molecule has 194 valence electrons. The zero-order chi connectivity index (χ0) is 26.9. The summed E-state index contributed by atoms with van der Waals surface area (Å²) < 4.78 is 22.5. The molecule has 0 aromatic heterocycles. The Labute approximate surface area is 224 Å². The minimum atomic E-state index is -0.588. The molecule has 0 aliphatic rings. The minimum Gasteiger partial charge on any atom is -0.493 e. The lowest BCUT2D eigenvalue weighted by molar-refractivity contribution is -0.123. The normalized spacial score (nSPS) is 10.9. The van der Waals surface area contributed by atoms with Gasteiger partial charge >= 0.3 is 5.97 Å². The van der Waals surface area contributed by atoms with E-state index in [0.29, 0.717) is 22.8 Å². The second kappa shape index (κ2) is 12.9. The van der Waals surface area contributed by atoms with Gasteiger partial charge in [0.15, 0.2) is 18.1 Å². The number of nitrogens with zero attached hydrogens (tertiary/aromatic N) is 1. The number of aryl methyl sites for hydroxylation is 1. The number of methoxy groups -OCH3 is 2. The van der Waals surface area contributed by atoms with Crippen LogP contribution in [0.15, 0.2) is 64.2 Å². The number of hydrogen-bond donors (Lipinski definition) is 1. The zero-order valence-electron chi connectivity index (χ0n) is 21.3. The maximum absolute atomic E-state index is 12.8. The molecular formula is C28H29BrN2O6. The Morgan fingerprint density at radius 3 is 2.38 bits per heavy atom. The van der Waals surface area contributed by atoms with Crippen LogP contribution in [0.1, 0.15) is 46.8 Å². The minimum absolute atomic E-state index is 0.194. The first kappa shape index (κ1) is 27.7. The molecule has 0 saturated carbocycles. The SMILES string of the molecule is COc1ccc(C(=O)Oc2ccc(Br)cc2C=NNC(=O)COc2cc(C)ccc2C(C)C)cc1OC. The molecule has 0 saturated heterocycles. The van der Waals surface area contributed by atoms with Gasteiger partial charge in [0.2, 0.25) is 0 Å². The molecule has 9 heteroatoms. The molecule has 37 heavy (non-hydrogen) atoms. The van der Waals surface area contributed by atoms with Crippen molar-refractivity contribution < 1.29 is 28.5 Å². The van der Waals surface area contributed by atoms with Crippen LogP contribution in [0.3, 0.4) is 0 Å². The van der Waals surface area contributed by atoms with Crippen LogP contribution in [0.2, 0.25) is 0 Å². The third-order valence-corrected chi connectivity index (χ3v) is 5.83. The Bertz CT molecular complexity index is 1310. The topological polar surface area (TPSA) is 95.5 Å². The predicted molar refractivity (Wildman–Crippen MR) is 145 cm³/mol. The maximum atomic E-state index is 12.8. The largest absolute Gasteiger partial charge is 0.493 e. The van der Waals surface area contributed by atoms with Crippen molar-refractivity contribution in [1.82, 2.24) is 5.43 Å². The van der Waals surface area contributed by atoms with Gasteiger partial charge in [0.1, 0.15) is 11.5 Å². The number of nitrogens with one attached hydrogen (secondary N) is 1. The van der Waals surface area contributed by atoms with Gasteiger partial charge < -0.3 is 18.9 Å². The van der Waals surface area contributed by atoms with Crippen molar-refractivity contribution in [2.24, 2.45) is 5.10 Å². The standard InChI is InChI=1S/C28H29BrN2O6/c1-17(2)22-9-6-18(3)12-25(22)36-16-27(32)31-30-15-20-13-21(29)8-11-23(20)37-28(33)19-7-10-24(34-4)26(14-19)35-5/h6-15,17H,16H2,1-5H3,(H,31,32). The maximum Gasteiger partial charge on any atom is 0.343 e. The average Bonchev–Trinajstić information content (AvgIpc) is 2.88. The van der Waals surface area contributed by atoms with E-state index in [9.17, 15) is 9.59 Å². The summed E-state index contributed by atoms with van der Waals surface area (Å²) in [6.45, 7) is 5.90. The second-order valence-corrected chi connectivity index (χ2v) is 9.33. The quantitative estimate of drug-likeness (QED) is 0.147. The molecule has 3 aromatic carbocycles. The molecule has 0 unspecified atom stereocenters. The van der Waals surface area contributed by atoms with Crippen LogP contribution < -0.4 is 24.4 Å². The van der Waals surface area contributed by atoms with E-state index >= 15 is 0 Å². The summed E-state index contributed by atoms with van der Waals surface area (Å²) in [5.74, 6) is 1.09. The van der Waals surface area contributed by atoms with Crippen molar-refractivity contribution in [1.29, 1.82) is 0 Å². The number of rotatable bonds is 10. The lowest BCUT2D eigenvalue weighted by atomic mass is 10.0. The van der Waals surface area contributed by atoms with Crippen LogP contribution in [0, 0.1) is 6.92 Å². The third kappa shape index (κ3) is 7.57. The van der Waals surface area contributed by atoms with Crippen LogP contribution in [0.25, 0.3) is 0 Å². The molecule has 0 spiro atoms. The van der Waals surface area contributed by atoms with Crippen molar-refractivity contribution >= 4 is 34.0 Å². The molecular weight excluding hydrogens is 540 g/mol. The van der Waals surface area contributed by atoms with Crippen molar-refractivity contribution in [3.63, 3.8) is 0 Å². The first-order valence-corrected chi connectivity index (χ1v) is 12.3. The lowest BCUT2D eigenvalue weighted by Crippen LogP contribution is -2.25. The van der Waals surface area contributed by atoms with E-state index in [2.05, 4.69) is 40.3 Å². The van der Waals surface area contributed by atoms with Crippen molar-refractivity contribution in [3.8, 4) is 23.0 Å². The predicted octanol–water partition coefficient (Wildman–Crippen LogP) is 5.65. The van der Waals surface area contributed by atoms with Crippen molar-refractivity contribution in [2.75, 3.05) is 20.8 Å². The highest BCUT2D eigenvalue weighted by molar-refractivity contribution is 9.10. The summed E-state index contributed by atoms with van der Waals surface area (Å²) in [6, 6.07) is 15.7. The Kier molecular flexibility index (Phi) is 9.68. The Morgan fingerprint density at radius 1 is 0.946 bits per heavy atom. The molecule has 0 atom stereocenters. The number of halogens is 1. The first-order valence-electron chi connectivity index (χ1n) is 11.5. The number of ether oxygens (including phenoxy) is 4. The molecule has 0 fully saturated rings.